The maximum Gasteiger partial charge on any atom is 0.00842 e. The van der Waals surface area contributed by atoms with Gasteiger partial charge >= 0.3 is 0 Å². The first-order chi connectivity index (χ1) is 4.13. The Morgan fingerprint density at radius 1 is 1.56 bits per heavy atom. The van der Waals surface area contributed by atoms with Crippen LogP contribution in [0.4, 0.5) is 0 Å². The molecule has 0 aromatic carbocycles. The zero-order valence-corrected chi connectivity index (χ0v) is 8.60. The molecule has 0 radical (unpaired) electrons. The summed E-state index contributed by atoms with van der Waals surface area (Å²) in [5, 5.41) is 0. The van der Waals surface area contributed by atoms with Crippen LogP contribution in [-0.2, 0) is 0 Å². The fourth-order valence-corrected chi connectivity index (χ4v) is 0.961. The van der Waals surface area contributed by atoms with Gasteiger partial charge in [0, 0.05) is 3.92 Å². The van der Waals surface area contributed by atoms with Gasteiger partial charge in [0.1, 0.15) is 0 Å². The molecule has 0 bridgehead atoms. The smallest absolute Gasteiger partial charge is 0.00842 e. The number of hydrogen-bond donors (Lipinski definition) is 0. The first-order valence-corrected chi connectivity index (χ1v) is 4.65. The maximum absolute atomic E-state index is 2.46. The Hall–Kier alpha value is 0.470. The Bertz CT molecular complexity index is 88.7. The van der Waals surface area contributed by atoms with Crippen LogP contribution in [0.25, 0.3) is 0 Å². The van der Waals surface area contributed by atoms with Gasteiger partial charge in [-0.2, -0.15) is 0 Å². The molecule has 0 N–H and O–H groups in total. The topological polar surface area (TPSA) is 0 Å². The van der Waals surface area contributed by atoms with Crippen molar-refractivity contribution >= 4 is 22.6 Å². The molecule has 0 aliphatic heterocycles. The van der Waals surface area contributed by atoms with Gasteiger partial charge in [-0.15, -0.1) is 0 Å². The van der Waals surface area contributed by atoms with Crippen LogP contribution in [0.3, 0.4) is 0 Å². The maximum atomic E-state index is 2.46. The van der Waals surface area contributed by atoms with Gasteiger partial charge < -0.3 is 0 Å². The normalized spacial score (nSPS) is 12.9. The lowest BCUT2D eigenvalue weighted by Crippen LogP contribution is -1.86. The van der Waals surface area contributed by atoms with Crippen LogP contribution >= 0.6 is 22.6 Å². The van der Waals surface area contributed by atoms with Crippen LogP contribution in [0.5, 0.6) is 0 Å². The van der Waals surface area contributed by atoms with E-state index in [4.69, 9.17) is 0 Å². The van der Waals surface area contributed by atoms with Gasteiger partial charge in [-0.3, -0.25) is 0 Å². The number of alkyl halides is 1. The van der Waals surface area contributed by atoms with Crippen molar-refractivity contribution < 1.29 is 0 Å². The summed E-state index contributed by atoms with van der Waals surface area (Å²) >= 11 is 2.46. The van der Waals surface area contributed by atoms with E-state index in [1.54, 1.807) is 0 Å². The van der Waals surface area contributed by atoms with Gasteiger partial charge in [-0.1, -0.05) is 41.2 Å². The monoisotopic (exact) mass is 238 g/mol. The Morgan fingerprint density at radius 2 is 2.11 bits per heavy atom. The summed E-state index contributed by atoms with van der Waals surface area (Å²) in [5.41, 5.74) is 1.44. The molecule has 0 fully saturated rings. The fourth-order valence-electron chi connectivity index (χ4n) is 0.602. The molecule has 0 aliphatic carbocycles. The summed E-state index contributed by atoms with van der Waals surface area (Å²) in [6.07, 6.45) is 4.85. The van der Waals surface area contributed by atoms with Crippen molar-refractivity contribution in [2.45, 2.75) is 37.5 Å². The minimum atomic E-state index is 0.818. The Kier molecular flexibility index (Phi) is 5.55. The van der Waals surface area contributed by atoms with Crippen LogP contribution in [0.2, 0.25) is 0 Å². The number of halogens is 1. The van der Waals surface area contributed by atoms with Gasteiger partial charge in [0.05, 0.1) is 0 Å². The van der Waals surface area contributed by atoms with E-state index in [1.165, 1.54) is 18.4 Å². The molecule has 0 amide bonds. The highest BCUT2D eigenvalue weighted by Crippen LogP contribution is 2.08. The van der Waals surface area contributed by atoms with E-state index in [-0.39, 0.29) is 0 Å². The lowest BCUT2D eigenvalue weighted by Gasteiger charge is -1.97. The van der Waals surface area contributed by atoms with Crippen molar-refractivity contribution in [2.24, 2.45) is 0 Å². The third kappa shape index (κ3) is 8.47. The zero-order valence-electron chi connectivity index (χ0n) is 6.45. The van der Waals surface area contributed by atoms with Gasteiger partial charge in [-0.25, -0.2) is 0 Å². The molecule has 0 aromatic rings. The summed E-state index contributed by atoms with van der Waals surface area (Å²) in [6, 6.07) is 0. The second-order valence-corrected chi connectivity index (χ2v) is 4.77. The van der Waals surface area contributed by atoms with Crippen LogP contribution in [0, 0.1) is 0 Å². The molecular formula is C8H15I. The van der Waals surface area contributed by atoms with E-state index in [0.717, 1.165) is 3.92 Å². The fraction of sp³-hybridized carbons (Fsp3) is 0.750. The van der Waals surface area contributed by atoms with Crippen molar-refractivity contribution in [3.63, 3.8) is 0 Å². The zero-order chi connectivity index (χ0) is 7.28. The molecule has 0 saturated carbocycles. The minimum Gasteiger partial charge on any atom is -0.0859 e. The quantitative estimate of drug-likeness (QED) is 0.400. The third-order valence-electron chi connectivity index (χ3n) is 1.12. The largest absolute Gasteiger partial charge is 0.0859 e. The van der Waals surface area contributed by atoms with Crippen molar-refractivity contribution in [1.82, 2.24) is 0 Å². The average molecular weight is 238 g/mol. The van der Waals surface area contributed by atoms with E-state index in [9.17, 15) is 0 Å². The van der Waals surface area contributed by atoms with Gasteiger partial charge in [0.15, 0.2) is 0 Å². The summed E-state index contributed by atoms with van der Waals surface area (Å²) in [5.74, 6) is 0. The molecule has 9 heavy (non-hydrogen) atoms. The van der Waals surface area contributed by atoms with E-state index >= 15 is 0 Å². The highest BCUT2D eigenvalue weighted by atomic mass is 127. The molecule has 0 aliphatic rings. The van der Waals surface area contributed by atoms with Crippen molar-refractivity contribution in [2.75, 3.05) is 0 Å². The predicted molar refractivity (Wildman–Crippen MR) is 52.1 cm³/mol. The summed E-state index contributed by atoms with van der Waals surface area (Å²) in [6.45, 7) is 6.55. The lowest BCUT2D eigenvalue weighted by atomic mass is 10.2. The second kappa shape index (κ2) is 5.27. The van der Waals surface area contributed by atoms with E-state index in [0.29, 0.717) is 0 Å². The van der Waals surface area contributed by atoms with Crippen LogP contribution in [-0.4, -0.2) is 3.92 Å². The molecule has 1 atom stereocenters. The Morgan fingerprint density at radius 3 is 2.44 bits per heavy atom. The molecule has 0 nitrogen and oxygen atoms in total. The van der Waals surface area contributed by atoms with Crippen molar-refractivity contribution in [1.29, 1.82) is 0 Å². The highest BCUT2D eigenvalue weighted by molar-refractivity contribution is 14.1. The van der Waals surface area contributed by atoms with E-state index in [1.807, 2.05) is 0 Å². The molecule has 1 heteroatoms. The molecule has 0 rings (SSSR count). The van der Waals surface area contributed by atoms with E-state index in [2.05, 4.69) is 49.4 Å². The lowest BCUT2D eigenvalue weighted by molar-refractivity contribution is 0.851. The molecule has 0 aromatic heterocycles. The molecule has 0 heterocycles. The predicted octanol–water partition coefficient (Wildman–Crippen LogP) is 3.56. The molecule has 0 saturated heterocycles. The standard InChI is InChI=1S/C8H15I/c1-7(2)5-4-6-8(3)9/h5,8H,4,6H2,1-3H3. The summed E-state index contributed by atoms with van der Waals surface area (Å²) < 4.78 is 0.818. The summed E-state index contributed by atoms with van der Waals surface area (Å²) in [7, 11) is 0. The number of allylic oxidation sites excluding steroid dienone is 2. The van der Waals surface area contributed by atoms with Gasteiger partial charge in [0.2, 0.25) is 0 Å². The van der Waals surface area contributed by atoms with Gasteiger partial charge in [-0.05, 0) is 26.7 Å². The van der Waals surface area contributed by atoms with Crippen LogP contribution in [0.15, 0.2) is 11.6 Å². The Labute approximate surface area is 71.9 Å². The molecule has 0 spiro atoms. The summed E-state index contributed by atoms with van der Waals surface area (Å²) in [4.78, 5) is 0. The van der Waals surface area contributed by atoms with E-state index < -0.39 is 0 Å². The third-order valence-corrected chi connectivity index (χ3v) is 1.74. The average Bonchev–Trinajstić information content (AvgIpc) is 1.63. The Balaban J connectivity index is 3.20. The molecule has 54 valence electrons. The number of hydrogen-bond acceptors (Lipinski definition) is 0. The van der Waals surface area contributed by atoms with Crippen molar-refractivity contribution in [3.8, 4) is 0 Å². The van der Waals surface area contributed by atoms with Crippen LogP contribution in [0.1, 0.15) is 33.6 Å². The molecule has 1 unspecified atom stereocenters. The van der Waals surface area contributed by atoms with Crippen LogP contribution < -0.4 is 0 Å². The molecular weight excluding hydrogens is 223 g/mol. The number of rotatable bonds is 3. The second-order valence-electron chi connectivity index (χ2n) is 2.64. The highest BCUT2D eigenvalue weighted by Gasteiger charge is 1.91. The first kappa shape index (κ1) is 9.47. The van der Waals surface area contributed by atoms with Crippen molar-refractivity contribution in [3.05, 3.63) is 11.6 Å². The van der Waals surface area contributed by atoms with Gasteiger partial charge in [0.25, 0.3) is 0 Å². The SMILES string of the molecule is CC(C)=CCCC(C)I. The minimum absolute atomic E-state index is 0.818. The first-order valence-electron chi connectivity index (χ1n) is 3.40.